The van der Waals surface area contributed by atoms with Crippen molar-refractivity contribution in [1.29, 1.82) is 0 Å². The first-order valence-corrected chi connectivity index (χ1v) is 7.62. The first-order chi connectivity index (χ1) is 11.6. The smallest absolute Gasteiger partial charge is 0.332 e. The van der Waals surface area contributed by atoms with Crippen LogP contribution in [0, 0.1) is 0 Å². The van der Waals surface area contributed by atoms with E-state index in [4.69, 9.17) is 9.47 Å². The van der Waals surface area contributed by atoms with Crippen LogP contribution >= 0.6 is 0 Å². The number of hydrogen-bond donors (Lipinski definition) is 0. The van der Waals surface area contributed by atoms with Crippen molar-refractivity contribution in [2.45, 2.75) is 12.3 Å². The molecule has 2 aromatic rings. The van der Waals surface area contributed by atoms with Crippen LogP contribution in [0.25, 0.3) is 11.1 Å². The van der Waals surface area contributed by atoms with E-state index >= 15 is 0 Å². The van der Waals surface area contributed by atoms with Crippen LogP contribution in [0.2, 0.25) is 0 Å². The molecule has 0 aromatic heterocycles. The summed E-state index contributed by atoms with van der Waals surface area (Å²) in [5.41, 5.74) is 2.12. The lowest BCUT2D eigenvalue weighted by Crippen LogP contribution is -2.45. The molecule has 0 saturated heterocycles. The van der Waals surface area contributed by atoms with Crippen molar-refractivity contribution in [3.05, 3.63) is 71.3 Å². The zero-order valence-electron chi connectivity index (χ0n) is 13.8. The van der Waals surface area contributed by atoms with E-state index in [9.17, 15) is 9.59 Å². The van der Waals surface area contributed by atoms with E-state index in [0.717, 1.165) is 16.7 Å². The quantitative estimate of drug-likeness (QED) is 0.643. The van der Waals surface area contributed by atoms with E-state index in [-0.39, 0.29) is 0 Å². The summed E-state index contributed by atoms with van der Waals surface area (Å²) >= 11 is 0. The number of hydrogen-bond acceptors (Lipinski definition) is 4. The molecule has 0 unspecified atom stereocenters. The molecule has 0 atom stereocenters. The third-order valence-electron chi connectivity index (χ3n) is 4.53. The molecule has 0 N–H and O–H groups in total. The summed E-state index contributed by atoms with van der Waals surface area (Å²) in [6, 6.07) is 16.8. The van der Waals surface area contributed by atoms with Crippen molar-refractivity contribution >= 4 is 23.1 Å². The van der Waals surface area contributed by atoms with Gasteiger partial charge in [-0.3, -0.25) is 9.59 Å². The number of carbonyl (C=O) groups is 2. The third kappa shape index (κ3) is 1.99. The number of esters is 2. The van der Waals surface area contributed by atoms with E-state index in [1.807, 2.05) is 49.4 Å². The molecule has 4 nitrogen and oxygen atoms in total. The van der Waals surface area contributed by atoms with Crippen molar-refractivity contribution in [3.63, 3.8) is 0 Å². The average Bonchev–Trinajstić information content (AvgIpc) is 2.91. The topological polar surface area (TPSA) is 52.6 Å². The second-order valence-corrected chi connectivity index (χ2v) is 5.64. The van der Waals surface area contributed by atoms with Crippen LogP contribution in [0.4, 0.5) is 0 Å². The summed E-state index contributed by atoms with van der Waals surface area (Å²) in [6.45, 7) is 1.91. The molecular weight excluding hydrogens is 304 g/mol. The maximum atomic E-state index is 12.9. The van der Waals surface area contributed by atoms with Gasteiger partial charge in [0.05, 0.1) is 14.2 Å². The molecule has 24 heavy (non-hydrogen) atoms. The summed E-state index contributed by atoms with van der Waals surface area (Å²) in [6.07, 6.45) is 0. The molecule has 3 rings (SSSR count). The highest BCUT2D eigenvalue weighted by Crippen LogP contribution is 2.52. The van der Waals surface area contributed by atoms with Gasteiger partial charge in [0.25, 0.3) is 0 Å². The third-order valence-corrected chi connectivity index (χ3v) is 4.53. The lowest BCUT2D eigenvalue weighted by Gasteiger charge is -2.28. The van der Waals surface area contributed by atoms with Gasteiger partial charge in [0.2, 0.25) is 5.41 Å². The SMILES string of the molecule is COC(=O)C1(C(=O)OC)C(c2ccccc2)=C(C)c2ccccc21. The largest absolute Gasteiger partial charge is 0.468 e. The fourth-order valence-corrected chi connectivity index (χ4v) is 3.54. The van der Waals surface area contributed by atoms with E-state index in [1.165, 1.54) is 14.2 Å². The number of benzene rings is 2. The van der Waals surface area contributed by atoms with Crippen LogP contribution in [-0.2, 0) is 24.5 Å². The molecule has 0 aliphatic heterocycles. The number of carbonyl (C=O) groups excluding carboxylic acids is 2. The Morgan fingerprint density at radius 3 is 1.96 bits per heavy atom. The Morgan fingerprint density at radius 1 is 0.833 bits per heavy atom. The zero-order chi connectivity index (χ0) is 17.3. The average molecular weight is 322 g/mol. The van der Waals surface area contributed by atoms with Crippen LogP contribution in [-0.4, -0.2) is 26.2 Å². The highest BCUT2D eigenvalue weighted by Gasteiger charge is 2.58. The Hall–Kier alpha value is -2.88. The predicted octanol–water partition coefficient (Wildman–Crippen LogP) is 3.21. The van der Waals surface area contributed by atoms with Gasteiger partial charge in [-0.2, -0.15) is 0 Å². The Morgan fingerprint density at radius 2 is 1.38 bits per heavy atom. The molecule has 0 radical (unpaired) electrons. The molecule has 122 valence electrons. The van der Waals surface area contributed by atoms with Crippen LogP contribution in [0.3, 0.4) is 0 Å². The highest BCUT2D eigenvalue weighted by molar-refractivity contribution is 6.25. The fraction of sp³-hybridized carbons (Fsp3) is 0.200. The lowest BCUT2D eigenvalue weighted by atomic mass is 9.74. The van der Waals surface area contributed by atoms with Crippen LogP contribution < -0.4 is 0 Å². The van der Waals surface area contributed by atoms with E-state index in [2.05, 4.69) is 0 Å². The van der Waals surface area contributed by atoms with Gasteiger partial charge in [-0.15, -0.1) is 0 Å². The summed E-state index contributed by atoms with van der Waals surface area (Å²) < 4.78 is 10.1. The predicted molar refractivity (Wildman–Crippen MR) is 91.1 cm³/mol. The standard InChI is InChI=1S/C20H18O4/c1-13-15-11-7-8-12-16(15)20(18(21)23-2,19(22)24-3)17(13)14-9-5-4-6-10-14/h4-12H,1-3H3. The maximum Gasteiger partial charge on any atom is 0.332 e. The van der Waals surface area contributed by atoms with Gasteiger partial charge in [-0.1, -0.05) is 54.6 Å². The van der Waals surface area contributed by atoms with Crippen LogP contribution in [0.1, 0.15) is 23.6 Å². The molecular formula is C20H18O4. The summed E-state index contributed by atoms with van der Waals surface area (Å²) in [4.78, 5) is 25.7. The Balaban J connectivity index is 2.42. The van der Waals surface area contributed by atoms with Crippen molar-refractivity contribution in [2.24, 2.45) is 0 Å². The van der Waals surface area contributed by atoms with Crippen molar-refractivity contribution in [3.8, 4) is 0 Å². The van der Waals surface area contributed by atoms with Crippen molar-refractivity contribution in [2.75, 3.05) is 14.2 Å². The zero-order valence-corrected chi connectivity index (χ0v) is 13.8. The molecule has 1 aliphatic carbocycles. The molecule has 0 bridgehead atoms. The van der Waals surface area contributed by atoms with Gasteiger partial charge >= 0.3 is 11.9 Å². The number of fused-ring (bicyclic) bond motifs is 1. The van der Waals surface area contributed by atoms with Gasteiger partial charge < -0.3 is 9.47 Å². The van der Waals surface area contributed by atoms with Crippen molar-refractivity contribution < 1.29 is 19.1 Å². The fourth-order valence-electron chi connectivity index (χ4n) is 3.54. The van der Waals surface area contributed by atoms with Crippen LogP contribution in [0.15, 0.2) is 54.6 Å². The number of ether oxygens (including phenoxy) is 2. The van der Waals surface area contributed by atoms with E-state index < -0.39 is 17.4 Å². The number of rotatable bonds is 3. The molecule has 0 spiro atoms. The monoisotopic (exact) mass is 322 g/mol. The molecule has 1 aliphatic rings. The lowest BCUT2D eigenvalue weighted by molar-refractivity contribution is -0.158. The molecule has 0 amide bonds. The first kappa shape index (κ1) is 16.0. The Kier molecular flexibility index (Phi) is 3.97. The van der Waals surface area contributed by atoms with Crippen LogP contribution in [0.5, 0.6) is 0 Å². The summed E-state index contributed by atoms with van der Waals surface area (Å²) in [7, 11) is 2.57. The maximum absolute atomic E-state index is 12.9. The molecule has 4 heteroatoms. The van der Waals surface area contributed by atoms with Gasteiger partial charge in [0.15, 0.2) is 0 Å². The second kappa shape index (κ2) is 5.96. The molecule has 2 aromatic carbocycles. The van der Waals surface area contributed by atoms with Gasteiger partial charge in [-0.25, -0.2) is 0 Å². The van der Waals surface area contributed by atoms with Crippen molar-refractivity contribution in [1.82, 2.24) is 0 Å². The Labute approximate surface area is 140 Å². The number of allylic oxidation sites excluding steroid dienone is 1. The molecule has 0 fully saturated rings. The normalized spacial score (nSPS) is 15.0. The Bertz CT molecular complexity index is 818. The van der Waals surface area contributed by atoms with Gasteiger partial charge in [0, 0.05) is 0 Å². The minimum absolute atomic E-state index is 0.597. The van der Waals surface area contributed by atoms with Gasteiger partial charge in [0.1, 0.15) is 0 Å². The second-order valence-electron chi connectivity index (χ2n) is 5.64. The number of methoxy groups -OCH3 is 2. The summed E-state index contributed by atoms with van der Waals surface area (Å²) in [5, 5.41) is 0. The highest BCUT2D eigenvalue weighted by atomic mass is 16.5. The molecule has 0 heterocycles. The molecule has 0 saturated carbocycles. The van der Waals surface area contributed by atoms with Gasteiger partial charge in [-0.05, 0) is 34.8 Å². The minimum atomic E-state index is -1.61. The van der Waals surface area contributed by atoms with E-state index in [1.54, 1.807) is 12.1 Å². The minimum Gasteiger partial charge on any atom is -0.468 e. The summed E-state index contributed by atoms with van der Waals surface area (Å²) in [5.74, 6) is -1.28. The van der Waals surface area contributed by atoms with E-state index in [0.29, 0.717) is 11.1 Å². The first-order valence-electron chi connectivity index (χ1n) is 7.62.